The molecule has 0 aromatic heterocycles. The van der Waals surface area contributed by atoms with Crippen LogP contribution in [-0.2, 0) is 0 Å². The van der Waals surface area contributed by atoms with Crippen LogP contribution in [0, 0.1) is 17.1 Å². The topological polar surface area (TPSA) is 60.6 Å². The summed E-state index contributed by atoms with van der Waals surface area (Å²) < 4.78 is 14.1. The molecule has 1 amide bonds. The fourth-order valence-electron chi connectivity index (χ4n) is 2.94. The van der Waals surface area contributed by atoms with Gasteiger partial charge < -0.3 is 15.1 Å². The number of hydrogen-bond acceptors (Lipinski definition) is 3. The predicted molar refractivity (Wildman–Crippen MR) is 94.3 cm³/mol. The van der Waals surface area contributed by atoms with Crippen LogP contribution in [-0.4, -0.2) is 39.1 Å². The number of likely N-dealkylation sites (N-methyl/N-ethyl adjacent to an activating group) is 1. The zero-order valence-electron chi connectivity index (χ0n) is 14.1. The Hall–Kier alpha value is -2.91. The van der Waals surface area contributed by atoms with E-state index >= 15 is 0 Å². The molecule has 2 aromatic carbocycles. The summed E-state index contributed by atoms with van der Waals surface area (Å²) in [5.41, 5.74) is 1.72. The maximum atomic E-state index is 14.1. The second kappa shape index (κ2) is 7.32. The summed E-state index contributed by atoms with van der Waals surface area (Å²) >= 11 is 0. The largest absolute Gasteiger partial charge is 0.359 e. The van der Waals surface area contributed by atoms with Crippen molar-refractivity contribution in [2.45, 2.75) is 0 Å². The Labute approximate surface area is 146 Å². The van der Waals surface area contributed by atoms with E-state index in [4.69, 9.17) is 5.26 Å². The molecule has 2 N–H and O–H groups in total. The molecule has 6 heteroatoms. The van der Waals surface area contributed by atoms with E-state index in [0.29, 0.717) is 5.69 Å². The van der Waals surface area contributed by atoms with Crippen LogP contribution in [0.3, 0.4) is 0 Å². The molecule has 25 heavy (non-hydrogen) atoms. The molecule has 0 bridgehead atoms. The zero-order valence-corrected chi connectivity index (χ0v) is 14.1. The third-order valence-electron chi connectivity index (χ3n) is 4.45. The number of nitrogens with zero attached hydrogens (tertiary/aromatic N) is 2. The summed E-state index contributed by atoms with van der Waals surface area (Å²) in [5, 5.41) is 11.6. The fourth-order valence-corrected chi connectivity index (χ4v) is 2.94. The van der Waals surface area contributed by atoms with E-state index in [1.807, 2.05) is 30.3 Å². The van der Waals surface area contributed by atoms with Crippen LogP contribution in [0.15, 0.2) is 42.5 Å². The van der Waals surface area contributed by atoms with Crippen LogP contribution in [0.1, 0.15) is 15.9 Å². The molecular formula is C19H20FN4O+. The molecule has 1 heterocycles. The summed E-state index contributed by atoms with van der Waals surface area (Å²) in [4.78, 5) is 16.2. The van der Waals surface area contributed by atoms with E-state index in [9.17, 15) is 9.18 Å². The first-order valence-corrected chi connectivity index (χ1v) is 8.25. The maximum absolute atomic E-state index is 14.1. The van der Waals surface area contributed by atoms with E-state index in [2.05, 4.69) is 17.3 Å². The maximum Gasteiger partial charge on any atom is 0.258 e. The van der Waals surface area contributed by atoms with E-state index in [1.165, 1.54) is 17.0 Å². The van der Waals surface area contributed by atoms with Gasteiger partial charge in [-0.2, -0.15) is 5.26 Å². The number of benzene rings is 2. The number of halogens is 1. The molecule has 0 unspecified atom stereocenters. The smallest absolute Gasteiger partial charge is 0.258 e. The highest BCUT2D eigenvalue weighted by molar-refractivity contribution is 6.06. The summed E-state index contributed by atoms with van der Waals surface area (Å²) in [6, 6.07) is 13.3. The van der Waals surface area contributed by atoms with Crippen molar-refractivity contribution < 1.29 is 14.1 Å². The fraction of sp³-hybridized carbons (Fsp3) is 0.263. The van der Waals surface area contributed by atoms with Gasteiger partial charge in [0.25, 0.3) is 5.91 Å². The molecule has 2 aromatic rings. The Bertz CT molecular complexity index is 822. The van der Waals surface area contributed by atoms with Crippen molar-refractivity contribution >= 4 is 17.3 Å². The molecule has 5 nitrogen and oxygen atoms in total. The molecular weight excluding hydrogens is 319 g/mol. The average molecular weight is 339 g/mol. The van der Waals surface area contributed by atoms with Gasteiger partial charge in [-0.1, -0.05) is 12.1 Å². The van der Waals surface area contributed by atoms with E-state index in [0.717, 1.165) is 37.9 Å². The van der Waals surface area contributed by atoms with Crippen molar-refractivity contribution in [3.05, 3.63) is 59.4 Å². The number of nitrogens with one attached hydrogen (secondary N) is 2. The molecule has 0 spiro atoms. The standard InChI is InChI=1S/C19H19FN4O/c1-23-8-10-24(11-9-23)18-5-3-2-4-17(18)22-19(25)15-7-6-14(13-21)12-16(15)20/h2-7,12H,8-11H2,1H3,(H,22,25)/p+1. The van der Waals surface area contributed by atoms with Crippen LogP contribution in [0.4, 0.5) is 15.8 Å². The minimum Gasteiger partial charge on any atom is -0.359 e. The number of quaternary nitrogens is 1. The molecule has 1 aliphatic rings. The van der Waals surface area contributed by atoms with Gasteiger partial charge in [-0.05, 0) is 30.3 Å². The lowest BCUT2D eigenvalue weighted by atomic mass is 10.1. The van der Waals surface area contributed by atoms with E-state index in [-0.39, 0.29) is 11.1 Å². The van der Waals surface area contributed by atoms with Crippen LogP contribution in [0.25, 0.3) is 0 Å². The summed E-state index contributed by atoms with van der Waals surface area (Å²) in [7, 11) is 2.17. The van der Waals surface area contributed by atoms with Crippen molar-refractivity contribution in [3.8, 4) is 6.07 Å². The molecule has 1 aliphatic heterocycles. The molecule has 1 fully saturated rings. The normalized spacial score (nSPS) is 14.8. The van der Waals surface area contributed by atoms with Crippen molar-refractivity contribution in [3.63, 3.8) is 0 Å². The van der Waals surface area contributed by atoms with Gasteiger partial charge in [-0.3, -0.25) is 4.79 Å². The Morgan fingerprint density at radius 3 is 2.64 bits per heavy atom. The number of para-hydroxylation sites is 2. The number of carbonyl (C=O) groups is 1. The summed E-state index contributed by atoms with van der Waals surface area (Å²) in [6.07, 6.45) is 0. The molecule has 0 radical (unpaired) electrons. The second-order valence-electron chi connectivity index (χ2n) is 6.22. The quantitative estimate of drug-likeness (QED) is 0.886. The monoisotopic (exact) mass is 339 g/mol. The van der Waals surface area contributed by atoms with Crippen LogP contribution < -0.4 is 15.1 Å². The number of rotatable bonds is 3. The van der Waals surface area contributed by atoms with Gasteiger partial charge in [0, 0.05) is 0 Å². The minimum absolute atomic E-state index is 0.0726. The first kappa shape index (κ1) is 16.9. The lowest BCUT2D eigenvalue weighted by Gasteiger charge is -2.33. The van der Waals surface area contributed by atoms with Crippen LogP contribution in [0.2, 0.25) is 0 Å². The lowest BCUT2D eigenvalue weighted by Crippen LogP contribution is -3.12. The Kier molecular flexibility index (Phi) is 4.96. The lowest BCUT2D eigenvalue weighted by molar-refractivity contribution is -0.880. The molecule has 0 aliphatic carbocycles. The molecule has 0 atom stereocenters. The number of anilines is 2. The summed E-state index contributed by atoms with van der Waals surface area (Å²) in [5.74, 6) is -1.22. The van der Waals surface area contributed by atoms with Gasteiger partial charge >= 0.3 is 0 Å². The highest BCUT2D eigenvalue weighted by atomic mass is 19.1. The minimum atomic E-state index is -0.697. The van der Waals surface area contributed by atoms with Gasteiger partial charge in [0.2, 0.25) is 0 Å². The van der Waals surface area contributed by atoms with Gasteiger partial charge in [0.1, 0.15) is 5.82 Å². The Morgan fingerprint density at radius 2 is 1.96 bits per heavy atom. The first-order valence-electron chi connectivity index (χ1n) is 8.25. The first-order chi connectivity index (χ1) is 12.1. The van der Waals surface area contributed by atoms with Gasteiger partial charge in [0.05, 0.1) is 61.8 Å². The average Bonchev–Trinajstić information content (AvgIpc) is 2.62. The highest BCUT2D eigenvalue weighted by Crippen LogP contribution is 2.26. The number of piperazine rings is 1. The van der Waals surface area contributed by atoms with E-state index < -0.39 is 11.7 Å². The predicted octanol–water partition coefficient (Wildman–Crippen LogP) is 1.28. The van der Waals surface area contributed by atoms with Crippen LogP contribution >= 0.6 is 0 Å². The number of hydrogen-bond donors (Lipinski definition) is 2. The molecule has 128 valence electrons. The molecule has 0 saturated carbocycles. The third kappa shape index (κ3) is 3.78. The van der Waals surface area contributed by atoms with Crippen molar-refractivity contribution in [2.75, 3.05) is 43.4 Å². The SMILES string of the molecule is C[NH+]1CCN(c2ccccc2NC(=O)c2ccc(C#N)cc2F)CC1. The second-order valence-corrected chi connectivity index (χ2v) is 6.22. The number of amides is 1. The Balaban J connectivity index is 1.81. The highest BCUT2D eigenvalue weighted by Gasteiger charge is 2.20. The summed E-state index contributed by atoms with van der Waals surface area (Å²) in [6.45, 7) is 3.88. The van der Waals surface area contributed by atoms with Crippen molar-refractivity contribution in [2.24, 2.45) is 0 Å². The van der Waals surface area contributed by atoms with Crippen molar-refractivity contribution in [1.29, 1.82) is 5.26 Å². The van der Waals surface area contributed by atoms with Gasteiger partial charge in [-0.25, -0.2) is 4.39 Å². The van der Waals surface area contributed by atoms with Crippen LogP contribution in [0.5, 0.6) is 0 Å². The van der Waals surface area contributed by atoms with Gasteiger partial charge in [0.15, 0.2) is 0 Å². The zero-order chi connectivity index (χ0) is 17.8. The molecule has 1 saturated heterocycles. The number of nitriles is 1. The van der Waals surface area contributed by atoms with Crippen molar-refractivity contribution in [1.82, 2.24) is 0 Å². The van der Waals surface area contributed by atoms with E-state index in [1.54, 1.807) is 0 Å². The molecule has 3 rings (SSSR count). The number of carbonyl (C=O) groups excluding carboxylic acids is 1. The van der Waals surface area contributed by atoms with Gasteiger partial charge in [-0.15, -0.1) is 0 Å². The third-order valence-corrected chi connectivity index (χ3v) is 4.45. The Morgan fingerprint density at radius 1 is 1.24 bits per heavy atom.